The molecule has 0 spiro atoms. The number of hydrogen-bond donors (Lipinski definition) is 2. The molecule has 1 unspecified atom stereocenters. The SMILES string of the molecule is NC(=O)C1c2cn[nH]c2CN1C(=O)c1cc(-c2ccccc2)ccc1Cl. The normalized spacial score (nSPS) is 15.7. The van der Waals surface area contributed by atoms with Crippen LogP contribution in [0.15, 0.2) is 54.7 Å². The lowest BCUT2D eigenvalue weighted by Gasteiger charge is -2.23. The fraction of sp³-hybridized carbons (Fsp3) is 0.105. The Balaban J connectivity index is 1.73. The molecule has 6 nitrogen and oxygen atoms in total. The summed E-state index contributed by atoms with van der Waals surface area (Å²) >= 11 is 6.29. The highest BCUT2D eigenvalue weighted by molar-refractivity contribution is 6.34. The van der Waals surface area contributed by atoms with Gasteiger partial charge in [-0.15, -0.1) is 0 Å². The molecule has 26 heavy (non-hydrogen) atoms. The van der Waals surface area contributed by atoms with Crippen LogP contribution >= 0.6 is 11.6 Å². The summed E-state index contributed by atoms with van der Waals surface area (Å²) in [6, 6.07) is 14.1. The molecule has 7 heteroatoms. The lowest BCUT2D eigenvalue weighted by molar-refractivity contribution is -0.122. The monoisotopic (exact) mass is 366 g/mol. The van der Waals surface area contributed by atoms with Gasteiger partial charge in [-0.2, -0.15) is 5.10 Å². The van der Waals surface area contributed by atoms with Crippen LogP contribution in [-0.2, 0) is 11.3 Å². The topological polar surface area (TPSA) is 92.1 Å². The molecule has 0 saturated heterocycles. The van der Waals surface area contributed by atoms with Gasteiger partial charge in [0.05, 0.1) is 29.0 Å². The lowest BCUT2D eigenvalue weighted by atomic mass is 10.0. The highest BCUT2D eigenvalue weighted by Crippen LogP contribution is 2.35. The summed E-state index contributed by atoms with van der Waals surface area (Å²) in [7, 11) is 0. The molecule has 130 valence electrons. The first kappa shape index (κ1) is 16.4. The molecule has 1 aliphatic heterocycles. The summed E-state index contributed by atoms with van der Waals surface area (Å²) < 4.78 is 0. The predicted molar refractivity (Wildman–Crippen MR) is 97.3 cm³/mol. The standard InChI is InChI=1S/C19H15ClN4O2/c20-15-7-6-12(11-4-2-1-3-5-11)8-13(15)19(26)24-10-16-14(9-22-23-16)17(24)18(21)25/h1-9,17H,10H2,(H2,21,25)(H,22,23). The van der Waals surface area contributed by atoms with E-state index in [0.29, 0.717) is 21.8 Å². The number of primary amides is 1. The molecule has 1 aliphatic rings. The maximum atomic E-state index is 13.1. The summed E-state index contributed by atoms with van der Waals surface area (Å²) in [4.78, 5) is 26.5. The van der Waals surface area contributed by atoms with Crippen molar-refractivity contribution in [2.24, 2.45) is 5.73 Å². The minimum atomic E-state index is -0.854. The third-order valence-corrected chi connectivity index (χ3v) is 4.85. The number of amides is 2. The van der Waals surface area contributed by atoms with Crippen molar-refractivity contribution in [2.45, 2.75) is 12.6 Å². The summed E-state index contributed by atoms with van der Waals surface area (Å²) in [5, 5.41) is 7.05. The number of hydrogen-bond acceptors (Lipinski definition) is 3. The number of H-pyrrole nitrogens is 1. The second-order valence-corrected chi connectivity index (χ2v) is 6.51. The van der Waals surface area contributed by atoms with Gasteiger partial charge in [-0.3, -0.25) is 14.7 Å². The Kier molecular flexibility index (Phi) is 3.97. The molecule has 1 atom stereocenters. The molecular weight excluding hydrogens is 352 g/mol. The van der Waals surface area contributed by atoms with Crippen molar-refractivity contribution in [3.8, 4) is 11.1 Å². The number of carbonyl (C=O) groups is 2. The van der Waals surface area contributed by atoms with Crippen LogP contribution in [0.3, 0.4) is 0 Å². The van der Waals surface area contributed by atoms with Gasteiger partial charge in [0.15, 0.2) is 0 Å². The zero-order chi connectivity index (χ0) is 18.3. The van der Waals surface area contributed by atoms with E-state index in [1.54, 1.807) is 12.1 Å². The minimum absolute atomic E-state index is 0.230. The maximum absolute atomic E-state index is 13.1. The minimum Gasteiger partial charge on any atom is -0.368 e. The maximum Gasteiger partial charge on any atom is 0.256 e. The third-order valence-electron chi connectivity index (χ3n) is 4.52. The van der Waals surface area contributed by atoms with Crippen LogP contribution in [0.2, 0.25) is 5.02 Å². The Morgan fingerprint density at radius 2 is 1.92 bits per heavy atom. The van der Waals surface area contributed by atoms with E-state index < -0.39 is 11.9 Å². The molecule has 0 bridgehead atoms. The predicted octanol–water partition coefficient (Wildman–Crippen LogP) is 2.91. The Hall–Kier alpha value is -3.12. The first-order valence-corrected chi connectivity index (χ1v) is 8.41. The van der Waals surface area contributed by atoms with Gasteiger partial charge in [0.1, 0.15) is 6.04 Å². The number of rotatable bonds is 3. The van der Waals surface area contributed by atoms with Crippen molar-refractivity contribution in [1.82, 2.24) is 15.1 Å². The summed E-state index contributed by atoms with van der Waals surface area (Å²) in [5.74, 6) is -0.949. The molecule has 3 aromatic rings. The Labute approximate surface area is 154 Å². The van der Waals surface area contributed by atoms with Crippen LogP contribution in [0.4, 0.5) is 0 Å². The molecule has 0 aliphatic carbocycles. The van der Waals surface area contributed by atoms with Gasteiger partial charge in [0, 0.05) is 5.56 Å². The molecule has 0 radical (unpaired) electrons. The Morgan fingerprint density at radius 1 is 1.15 bits per heavy atom. The smallest absolute Gasteiger partial charge is 0.256 e. The Bertz CT molecular complexity index is 1000. The van der Waals surface area contributed by atoms with Gasteiger partial charge >= 0.3 is 0 Å². The van der Waals surface area contributed by atoms with Gasteiger partial charge in [0.25, 0.3) is 5.91 Å². The average Bonchev–Trinajstić information content (AvgIpc) is 3.23. The molecule has 4 rings (SSSR count). The number of halogens is 1. The molecule has 2 aromatic carbocycles. The van der Waals surface area contributed by atoms with Crippen molar-refractivity contribution in [2.75, 3.05) is 0 Å². The number of benzene rings is 2. The number of nitrogens with zero attached hydrogens (tertiary/aromatic N) is 2. The van der Waals surface area contributed by atoms with Crippen molar-refractivity contribution in [3.63, 3.8) is 0 Å². The van der Waals surface area contributed by atoms with Crippen LogP contribution in [0.25, 0.3) is 11.1 Å². The van der Waals surface area contributed by atoms with Crippen LogP contribution in [-0.4, -0.2) is 26.9 Å². The molecule has 0 fully saturated rings. The van der Waals surface area contributed by atoms with Crippen LogP contribution in [0, 0.1) is 0 Å². The lowest BCUT2D eigenvalue weighted by Crippen LogP contribution is -2.37. The number of aromatic amines is 1. The third kappa shape index (κ3) is 2.64. The molecule has 2 heterocycles. The fourth-order valence-electron chi connectivity index (χ4n) is 3.26. The number of fused-ring (bicyclic) bond motifs is 1. The van der Waals surface area contributed by atoms with Crippen molar-refractivity contribution >= 4 is 23.4 Å². The van der Waals surface area contributed by atoms with E-state index in [2.05, 4.69) is 10.2 Å². The highest BCUT2D eigenvalue weighted by Gasteiger charge is 2.39. The molecular formula is C19H15ClN4O2. The van der Waals surface area contributed by atoms with E-state index >= 15 is 0 Å². The molecule has 2 amide bonds. The second-order valence-electron chi connectivity index (χ2n) is 6.10. The molecule has 3 N–H and O–H groups in total. The quantitative estimate of drug-likeness (QED) is 0.746. The van der Waals surface area contributed by atoms with Crippen LogP contribution in [0.1, 0.15) is 27.7 Å². The van der Waals surface area contributed by atoms with Crippen LogP contribution < -0.4 is 5.73 Å². The van der Waals surface area contributed by atoms with Crippen molar-refractivity contribution < 1.29 is 9.59 Å². The molecule has 0 saturated carbocycles. The van der Waals surface area contributed by atoms with Crippen LogP contribution in [0.5, 0.6) is 0 Å². The van der Waals surface area contributed by atoms with Gasteiger partial charge in [-0.05, 0) is 23.3 Å². The van der Waals surface area contributed by atoms with E-state index in [-0.39, 0.29) is 12.5 Å². The first-order chi connectivity index (χ1) is 12.6. The van der Waals surface area contributed by atoms with E-state index in [9.17, 15) is 9.59 Å². The van der Waals surface area contributed by atoms with E-state index in [1.165, 1.54) is 11.1 Å². The second kappa shape index (κ2) is 6.31. The van der Waals surface area contributed by atoms with Gasteiger partial charge in [-0.1, -0.05) is 48.0 Å². The summed E-state index contributed by atoms with van der Waals surface area (Å²) in [6.45, 7) is 0.230. The van der Waals surface area contributed by atoms with Gasteiger partial charge in [0.2, 0.25) is 5.91 Å². The molecule has 1 aromatic heterocycles. The van der Waals surface area contributed by atoms with Gasteiger partial charge < -0.3 is 10.6 Å². The van der Waals surface area contributed by atoms with E-state index in [1.807, 2.05) is 36.4 Å². The van der Waals surface area contributed by atoms with Crippen molar-refractivity contribution in [1.29, 1.82) is 0 Å². The van der Waals surface area contributed by atoms with E-state index in [4.69, 9.17) is 17.3 Å². The largest absolute Gasteiger partial charge is 0.368 e. The zero-order valence-electron chi connectivity index (χ0n) is 13.6. The van der Waals surface area contributed by atoms with Gasteiger partial charge in [-0.25, -0.2) is 0 Å². The summed E-state index contributed by atoms with van der Waals surface area (Å²) in [6.07, 6.45) is 1.53. The van der Waals surface area contributed by atoms with E-state index in [0.717, 1.165) is 11.1 Å². The Morgan fingerprint density at radius 3 is 2.65 bits per heavy atom. The number of nitrogens with one attached hydrogen (secondary N) is 1. The summed E-state index contributed by atoms with van der Waals surface area (Å²) in [5.41, 5.74) is 9.03. The van der Waals surface area contributed by atoms with Crippen molar-refractivity contribution in [3.05, 3.63) is 76.6 Å². The number of carbonyl (C=O) groups excluding carboxylic acids is 2. The number of nitrogens with two attached hydrogens (primary N) is 1. The number of aromatic nitrogens is 2. The fourth-order valence-corrected chi connectivity index (χ4v) is 3.46. The highest BCUT2D eigenvalue weighted by atomic mass is 35.5. The zero-order valence-corrected chi connectivity index (χ0v) is 14.4. The average molecular weight is 367 g/mol. The first-order valence-electron chi connectivity index (χ1n) is 8.03.